The second kappa shape index (κ2) is 9.60. The number of rotatable bonds is 6. The predicted octanol–water partition coefficient (Wildman–Crippen LogP) is 4.02. The second-order valence-electron chi connectivity index (χ2n) is 7.50. The normalized spacial score (nSPS) is 12.9. The van der Waals surface area contributed by atoms with Gasteiger partial charge in [0, 0.05) is 41.5 Å². The molecule has 3 aromatic rings. The van der Waals surface area contributed by atoms with Gasteiger partial charge in [-0.2, -0.15) is 0 Å². The topological polar surface area (TPSA) is 77.1 Å². The van der Waals surface area contributed by atoms with Crippen molar-refractivity contribution < 1.29 is 28.2 Å². The van der Waals surface area contributed by atoms with E-state index in [1.165, 1.54) is 24.3 Å². The van der Waals surface area contributed by atoms with Crippen molar-refractivity contribution in [3.05, 3.63) is 83.2 Å². The summed E-state index contributed by atoms with van der Waals surface area (Å²) < 4.78 is 29.5. The first-order valence-electron chi connectivity index (χ1n) is 10.3. The van der Waals surface area contributed by atoms with E-state index in [0.29, 0.717) is 41.6 Å². The molecule has 0 unspecified atom stereocenters. The van der Waals surface area contributed by atoms with Crippen LogP contribution in [0.3, 0.4) is 0 Å². The van der Waals surface area contributed by atoms with Crippen molar-refractivity contribution in [1.29, 1.82) is 0 Å². The Morgan fingerprint density at radius 2 is 1.85 bits per heavy atom. The van der Waals surface area contributed by atoms with Crippen LogP contribution >= 0.6 is 0 Å². The first-order valence-corrected chi connectivity index (χ1v) is 10.3. The van der Waals surface area contributed by atoms with Crippen molar-refractivity contribution in [2.45, 2.75) is 13.1 Å². The first kappa shape index (κ1) is 22.1. The van der Waals surface area contributed by atoms with Crippen LogP contribution in [0.4, 0.5) is 10.1 Å². The van der Waals surface area contributed by atoms with Crippen molar-refractivity contribution in [1.82, 2.24) is 4.90 Å². The molecule has 4 rings (SSSR count). The molecule has 7 nitrogen and oxygen atoms in total. The number of hydrogen-bond acceptors (Lipinski definition) is 5. The standard InChI is InChI=1S/C25H23FN2O5/c1-31-21-9-5-17(23(12-21)32-2)13-28-14-18-11-20(8-10-22(18)33-15-24(28)29)27-25(30)16-3-6-19(26)7-4-16/h3-12H,13-15H2,1-2H3,(H,27,30). The Kier molecular flexibility index (Phi) is 6.44. The summed E-state index contributed by atoms with van der Waals surface area (Å²) in [6.45, 7) is 0.525. The van der Waals surface area contributed by atoms with Crippen molar-refractivity contribution in [2.75, 3.05) is 26.1 Å². The third kappa shape index (κ3) is 5.06. The van der Waals surface area contributed by atoms with Gasteiger partial charge in [-0.05, 0) is 54.6 Å². The van der Waals surface area contributed by atoms with Crippen molar-refractivity contribution in [3.63, 3.8) is 0 Å². The lowest BCUT2D eigenvalue weighted by Gasteiger charge is -2.22. The van der Waals surface area contributed by atoms with E-state index in [0.717, 1.165) is 11.1 Å². The van der Waals surface area contributed by atoms with E-state index in [1.807, 2.05) is 12.1 Å². The Morgan fingerprint density at radius 3 is 2.58 bits per heavy atom. The van der Waals surface area contributed by atoms with Gasteiger partial charge in [0.15, 0.2) is 6.61 Å². The molecule has 0 bridgehead atoms. The number of ether oxygens (including phenoxy) is 3. The molecule has 1 aliphatic rings. The second-order valence-corrected chi connectivity index (χ2v) is 7.50. The number of nitrogens with one attached hydrogen (secondary N) is 1. The summed E-state index contributed by atoms with van der Waals surface area (Å²) >= 11 is 0. The fourth-order valence-electron chi connectivity index (χ4n) is 3.58. The predicted molar refractivity (Wildman–Crippen MR) is 120 cm³/mol. The number of hydrogen-bond donors (Lipinski definition) is 1. The molecule has 8 heteroatoms. The maximum Gasteiger partial charge on any atom is 0.261 e. The monoisotopic (exact) mass is 450 g/mol. The molecule has 2 amide bonds. The molecule has 0 saturated carbocycles. The Morgan fingerprint density at radius 1 is 1.06 bits per heavy atom. The highest BCUT2D eigenvalue weighted by molar-refractivity contribution is 6.04. The van der Waals surface area contributed by atoms with Gasteiger partial charge in [0.1, 0.15) is 23.1 Å². The lowest BCUT2D eigenvalue weighted by molar-refractivity contribution is -0.133. The Balaban J connectivity index is 1.54. The number of halogens is 1. The van der Waals surface area contributed by atoms with Gasteiger partial charge >= 0.3 is 0 Å². The molecule has 1 aliphatic heterocycles. The molecular formula is C25H23FN2O5. The fraction of sp³-hybridized carbons (Fsp3) is 0.200. The van der Waals surface area contributed by atoms with Crippen LogP contribution in [0.5, 0.6) is 17.2 Å². The molecular weight excluding hydrogens is 427 g/mol. The summed E-state index contributed by atoms with van der Waals surface area (Å²) in [5.41, 5.74) is 2.47. The van der Waals surface area contributed by atoms with Crippen LogP contribution in [0.2, 0.25) is 0 Å². The largest absolute Gasteiger partial charge is 0.497 e. The Labute approximate surface area is 190 Å². The minimum atomic E-state index is -0.410. The number of benzene rings is 3. The highest BCUT2D eigenvalue weighted by Gasteiger charge is 2.23. The van der Waals surface area contributed by atoms with Gasteiger partial charge in [0.25, 0.3) is 11.8 Å². The molecule has 1 heterocycles. The first-order chi connectivity index (χ1) is 16.0. The molecule has 0 fully saturated rings. The lowest BCUT2D eigenvalue weighted by atomic mass is 10.1. The van der Waals surface area contributed by atoms with Crippen LogP contribution in [0.15, 0.2) is 60.7 Å². The molecule has 0 aromatic heterocycles. The lowest BCUT2D eigenvalue weighted by Crippen LogP contribution is -2.32. The van der Waals surface area contributed by atoms with Crippen molar-refractivity contribution in [3.8, 4) is 17.2 Å². The number of anilines is 1. The summed E-state index contributed by atoms with van der Waals surface area (Å²) in [7, 11) is 3.14. The molecule has 33 heavy (non-hydrogen) atoms. The zero-order chi connectivity index (χ0) is 23.4. The zero-order valence-corrected chi connectivity index (χ0v) is 18.3. The van der Waals surface area contributed by atoms with Gasteiger partial charge in [-0.3, -0.25) is 9.59 Å². The minimum Gasteiger partial charge on any atom is -0.497 e. The summed E-state index contributed by atoms with van der Waals surface area (Å²) in [6, 6.07) is 15.9. The summed E-state index contributed by atoms with van der Waals surface area (Å²) in [5, 5.41) is 2.80. The Hall–Kier alpha value is -4.07. The van der Waals surface area contributed by atoms with Gasteiger partial charge in [0.05, 0.1) is 14.2 Å². The average molecular weight is 450 g/mol. The summed E-state index contributed by atoms with van der Waals surface area (Å²) in [6.07, 6.45) is 0. The molecule has 0 atom stereocenters. The smallest absolute Gasteiger partial charge is 0.261 e. The van der Waals surface area contributed by atoms with Gasteiger partial charge < -0.3 is 24.4 Å². The van der Waals surface area contributed by atoms with Crippen LogP contribution in [-0.4, -0.2) is 37.5 Å². The van der Waals surface area contributed by atoms with Crippen molar-refractivity contribution in [2.24, 2.45) is 0 Å². The number of fused-ring (bicyclic) bond motifs is 1. The highest BCUT2D eigenvalue weighted by atomic mass is 19.1. The number of amides is 2. The van der Waals surface area contributed by atoms with E-state index in [4.69, 9.17) is 14.2 Å². The van der Waals surface area contributed by atoms with Gasteiger partial charge in [-0.15, -0.1) is 0 Å². The molecule has 0 radical (unpaired) electrons. The molecule has 0 spiro atoms. The maximum atomic E-state index is 13.1. The number of nitrogens with zero attached hydrogens (tertiary/aromatic N) is 1. The van der Waals surface area contributed by atoms with E-state index in [1.54, 1.807) is 43.4 Å². The number of carbonyl (C=O) groups is 2. The molecule has 0 aliphatic carbocycles. The SMILES string of the molecule is COc1ccc(CN2Cc3cc(NC(=O)c4ccc(F)cc4)ccc3OCC2=O)c(OC)c1. The maximum absolute atomic E-state index is 13.1. The fourth-order valence-corrected chi connectivity index (χ4v) is 3.58. The van der Waals surface area contributed by atoms with Crippen LogP contribution in [0.25, 0.3) is 0 Å². The summed E-state index contributed by atoms with van der Waals surface area (Å²) in [5.74, 6) is 0.918. The third-order valence-electron chi connectivity index (χ3n) is 5.35. The van der Waals surface area contributed by atoms with Crippen LogP contribution in [0, 0.1) is 5.82 Å². The molecule has 0 saturated heterocycles. The molecule has 170 valence electrons. The van der Waals surface area contributed by atoms with Crippen LogP contribution in [0.1, 0.15) is 21.5 Å². The van der Waals surface area contributed by atoms with E-state index >= 15 is 0 Å². The van der Waals surface area contributed by atoms with Gasteiger partial charge in [-0.25, -0.2) is 4.39 Å². The van der Waals surface area contributed by atoms with E-state index in [9.17, 15) is 14.0 Å². The highest BCUT2D eigenvalue weighted by Crippen LogP contribution is 2.30. The number of carbonyl (C=O) groups excluding carboxylic acids is 2. The number of methoxy groups -OCH3 is 2. The average Bonchev–Trinajstić information content (AvgIpc) is 2.98. The minimum absolute atomic E-state index is 0.0905. The van der Waals surface area contributed by atoms with Gasteiger partial charge in [0.2, 0.25) is 0 Å². The van der Waals surface area contributed by atoms with E-state index < -0.39 is 5.82 Å². The molecule has 1 N–H and O–H groups in total. The third-order valence-corrected chi connectivity index (χ3v) is 5.35. The van der Waals surface area contributed by atoms with E-state index in [2.05, 4.69) is 5.32 Å². The molecule has 3 aromatic carbocycles. The van der Waals surface area contributed by atoms with Crippen molar-refractivity contribution >= 4 is 17.5 Å². The van der Waals surface area contributed by atoms with Crippen LogP contribution in [-0.2, 0) is 17.9 Å². The van der Waals surface area contributed by atoms with Gasteiger partial charge in [-0.1, -0.05) is 0 Å². The zero-order valence-electron chi connectivity index (χ0n) is 18.3. The summed E-state index contributed by atoms with van der Waals surface area (Å²) in [4.78, 5) is 26.9. The van der Waals surface area contributed by atoms with E-state index in [-0.39, 0.29) is 18.4 Å². The Bertz CT molecular complexity index is 1180. The quantitative estimate of drug-likeness (QED) is 0.614. The van der Waals surface area contributed by atoms with Crippen LogP contribution < -0.4 is 19.5 Å².